The van der Waals surface area contributed by atoms with Crippen LogP contribution in [0.3, 0.4) is 0 Å². The second kappa shape index (κ2) is 4.00. The molecule has 15 heavy (non-hydrogen) atoms. The molecule has 0 fully saturated rings. The molecule has 0 unspecified atom stereocenters. The quantitative estimate of drug-likeness (QED) is 0.757. The van der Waals surface area contributed by atoms with Crippen molar-refractivity contribution in [1.29, 1.82) is 0 Å². The molecular formula is C12H12N2O. The van der Waals surface area contributed by atoms with E-state index < -0.39 is 0 Å². The zero-order valence-electron chi connectivity index (χ0n) is 8.47. The SMILES string of the molecule is COc1ccnc(-c2cccc(N)c2)c1. The molecule has 0 aliphatic rings. The molecule has 3 heteroatoms. The highest BCUT2D eigenvalue weighted by Crippen LogP contribution is 2.22. The molecule has 0 spiro atoms. The third kappa shape index (κ3) is 2.07. The molecule has 76 valence electrons. The number of hydrogen-bond donors (Lipinski definition) is 1. The van der Waals surface area contributed by atoms with Crippen LogP contribution in [0.1, 0.15) is 0 Å². The Balaban J connectivity index is 2.44. The number of hydrogen-bond acceptors (Lipinski definition) is 3. The predicted octanol–water partition coefficient (Wildman–Crippen LogP) is 2.34. The maximum atomic E-state index is 5.71. The molecule has 2 N–H and O–H groups in total. The lowest BCUT2D eigenvalue weighted by molar-refractivity contribution is 0.414. The van der Waals surface area contributed by atoms with Crippen LogP contribution in [0.25, 0.3) is 11.3 Å². The van der Waals surface area contributed by atoms with E-state index in [2.05, 4.69) is 4.98 Å². The summed E-state index contributed by atoms with van der Waals surface area (Å²) in [6.45, 7) is 0. The molecule has 2 aromatic rings. The van der Waals surface area contributed by atoms with Gasteiger partial charge >= 0.3 is 0 Å². The van der Waals surface area contributed by atoms with Crippen LogP contribution in [-0.2, 0) is 0 Å². The van der Waals surface area contributed by atoms with Gasteiger partial charge in [0.05, 0.1) is 12.8 Å². The third-order valence-electron chi connectivity index (χ3n) is 2.15. The fraction of sp³-hybridized carbons (Fsp3) is 0.0833. The van der Waals surface area contributed by atoms with Crippen LogP contribution < -0.4 is 10.5 Å². The van der Waals surface area contributed by atoms with Crippen LogP contribution in [0.5, 0.6) is 5.75 Å². The van der Waals surface area contributed by atoms with Crippen LogP contribution in [-0.4, -0.2) is 12.1 Å². The van der Waals surface area contributed by atoms with E-state index in [1.807, 2.05) is 36.4 Å². The smallest absolute Gasteiger partial charge is 0.122 e. The Bertz CT molecular complexity index is 469. The van der Waals surface area contributed by atoms with Crippen molar-refractivity contribution in [1.82, 2.24) is 4.98 Å². The number of pyridine rings is 1. The molecule has 0 saturated heterocycles. The van der Waals surface area contributed by atoms with E-state index >= 15 is 0 Å². The number of benzene rings is 1. The zero-order chi connectivity index (χ0) is 10.7. The predicted molar refractivity (Wildman–Crippen MR) is 60.6 cm³/mol. The Morgan fingerprint density at radius 2 is 2.07 bits per heavy atom. The topological polar surface area (TPSA) is 48.1 Å². The average Bonchev–Trinajstić information content (AvgIpc) is 2.29. The maximum absolute atomic E-state index is 5.71. The van der Waals surface area contributed by atoms with Crippen molar-refractivity contribution < 1.29 is 4.74 Å². The lowest BCUT2D eigenvalue weighted by Crippen LogP contribution is -1.89. The molecule has 3 nitrogen and oxygen atoms in total. The fourth-order valence-electron chi connectivity index (χ4n) is 1.39. The molecule has 1 heterocycles. The van der Waals surface area contributed by atoms with Gasteiger partial charge in [-0.05, 0) is 18.2 Å². The maximum Gasteiger partial charge on any atom is 0.122 e. The van der Waals surface area contributed by atoms with Gasteiger partial charge in [-0.25, -0.2) is 0 Å². The highest BCUT2D eigenvalue weighted by Gasteiger charge is 2.00. The number of rotatable bonds is 2. The lowest BCUT2D eigenvalue weighted by atomic mass is 10.1. The second-order valence-electron chi connectivity index (χ2n) is 3.21. The summed E-state index contributed by atoms with van der Waals surface area (Å²) in [5, 5.41) is 0. The Hall–Kier alpha value is -2.03. The monoisotopic (exact) mass is 200 g/mol. The van der Waals surface area contributed by atoms with Gasteiger partial charge in [0.1, 0.15) is 5.75 Å². The summed E-state index contributed by atoms with van der Waals surface area (Å²) < 4.78 is 5.14. The fourth-order valence-corrected chi connectivity index (χ4v) is 1.39. The first-order valence-corrected chi connectivity index (χ1v) is 4.65. The minimum atomic E-state index is 0.733. The molecule has 0 bridgehead atoms. The number of ether oxygens (including phenoxy) is 1. The van der Waals surface area contributed by atoms with Gasteiger partial charge in [-0.1, -0.05) is 12.1 Å². The summed E-state index contributed by atoms with van der Waals surface area (Å²) in [5.74, 6) is 0.794. The lowest BCUT2D eigenvalue weighted by Gasteiger charge is -2.04. The van der Waals surface area contributed by atoms with E-state index in [9.17, 15) is 0 Å². The van der Waals surface area contributed by atoms with E-state index in [4.69, 9.17) is 10.5 Å². The molecule has 0 amide bonds. The molecule has 0 radical (unpaired) electrons. The van der Waals surface area contributed by atoms with Crippen molar-refractivity contribution in [2.24, 2.45) is 0 Å². The van der Waals surface area contributed by atoms with Crippen LogP contribution in [0, 0.1) is 0 Å². The van der Waals surface area contributed by atoms with E-state index in [-0.39, 0.29) is 0 Å². The van der Waals surface area contributed by atoms with Crippen LogP contribution in [0.15, 0.2) is 42.6 Å². The molecule has 0 saturated carbocycles. The van der Waals surface area contributed by atoms with Gasteiger partial charge in [0.2, 0.25) is 0 Å². The van der Waals surface area contributed by atoms with Gasteiger partial charge < -0.3 is 10.5 Å². The van der Waals surface area contributed by atoms with Gasteiger partial charge in [0, 0.05) is 23.5 Å². The van der Waals surface area contributed by atoms with Crippen LogP contribution in [0.4, 0.5) is 5.69 Å². The Kier molecular flexibility index (Phi) is 2.54. The highest BCUT2D eigenvalue weighted by molar-refractivity contribution is 5.64. The normalized spacial score (nSPS) is 9.93. The standard InChI is InChI=1S/C12H12N2O/c1-15-11-5-6-14-12(8-11)9-3-2-4-10(13)7-9/h2-8H,13H2,1H3. The van der Waals surface area contributed by atoms with Gasteiger partial charge in [0.25, 0.3) is 0 Å². The minimum absolute atomic E-state index is 0.733. The first-order chi connectivity index (χ1) is 7.29. The van der Waals surface area contributed by atoms with Crippen LogP contribution in [0.2, 0.25) is 0 Å². The molecule has 0 aliphatic carbocycles. The van der Waals surface area contributed by atoms with Gasteiger partial charge in [-0.15, -0.1) is 0 Å². The Morgan fingerprint density at radius 3 is 2.80 bits per heavy atom. The number of nitrogens with two attached hydrogens (primary N) is 1. The van der Waals surface area contributed by atoms with Gasteiger partial charge in [-0.2, -0.15) is 0 Å². The molecular weight excluding hydrogens is 188 g/mol. The van der Waals surface area contributed by atoms with Crippen molar-refractivity contribution in [2.45, 2.75) is 0 Å². The summed E-state index contributed by atoms with van der Waals surface area (Å²) >= 11 is 0. The highest BCUT2D eigenvalue weighted by atomic mass is 16.5. The second-order valence-corrected chi connectivity index (χ2v) is 3.21. The number of methoxy groups -OCH3 is 1. The van der Waals surface area contributed by atoms with Crippen molar-refractivity contribution in [3.05, 3.63) is 42.6 Å². The summed E-state index contributed by atoms with van der Waals surface area (Å²) in [6.07, 6.45) is 1.72. The Morgan fingerprint density at radius 1 is 1.20 bits per heavy atom. The van der Waals surface area contributed by atoms with E-state index in [0.717, 1.165) is 22.7 Å². The number of aromatic nitrogens is 1. The van der Waals surface area contributed by atoms with E-state index in [1.165, 1.54) is 0 Å². The van der Waals surface area contributed by atoms with E-state index in [1.54, 1.807) is 13.3 Å². The number of nitrogen functional groups attached to an aromatic ring is 1. The molecule has 2 rings (SSSR count). The number of anilines is 1. The Labute approximate surface area is 88.5 Å². The number of nitrogens with zero attached hydrogens (tertiary/aromatic N) is 1. The van der Waals surface area contributed by atoms with Crippen molar-refractivity contribution in [3.8, 4) is 17.0 Å². The van der Waals surface area contributed by atoms with Gasteiger partial charge in [-0.3, -0.25) is 4.98 Å². The summed E-state index contributed by atoms with van der Waals surface area (Å²) in [6, 6.07) is 11.3. The third-order valence-corrected chi connectivity index (χ3v) is 2.15. The first-order valence-electron chi connectivity index (χ1n) is 4.65. The van der Waals surface area contributed by atoms with Gasteiger partial charge in [0.15, 0.2) is 0 Å². The molecule has 1 aromatic carbocycles. The average molecular weight is 200 g/mol. The van der Waals surface area contributed by atoms with Crippen molar-refractivity contribution in [2.75, 3.05) is 12.8 Å². The summed E-state index contributed by atoms with van der Waals surface area (Å²) in [7, 11) is 1.64. The zero-order valence-corrected chi connectivity index (χ0v) is 8.47. The molecule has 0 aliphatic heterocycles. The largest absolute Gasteiger partial charge is 0.497 e. The minimum Gasteiger partial charge on any atom is -0.497 e. The van der Waals surface area contributed by atoms with E-state index in [0.29, 0.717) is 0 Å². The summed E-state index contributed by atoms with van der Waals surface area (Å²) in [5.41, 5.74) is 8.30. The van der Waals surface area contributed by atoms with Crippen LogP contribution >= 0.6 is 0 Å². The molecule has 0 atom stereocenters. The summed E-state index contributed by atoms with van der Waals surface area (Å²) in [4.78, 5) is 4.26. The molecule has 1 aromatic heterocycles. The van der Waals surface area contributed by atoms with Crippen molar-refractivity contribution >= 4 is 5.69 Å². The first kappa shape index (κ1) is 9.52. The van der Waals surface area contributed by atoms with Crippen molar-refractivity contribution in [3.63, 3.8) is 0 Å².